The van der Waals surface area contributed by atoms with Crippen molar-refractivity contribution in [2.24, 2.45) is 5.92 Å². The Balaban J connectivity index is 1.80. The molecule has 1 aromatic carbocycles. The molecule has 124 valence electrons. The molecule has 0 spiro atoms. The van der Waals surface area contributed by atoms with E-state index in [4.69, 9.17) is 4.52 Å². The summed E-state index contributed by atoms with van der Waals surface area (Å²) in [6.45, 7) is 5.92. The highest BCUT2D eigenvalue weighted by Crippen LogP contribution is 2.22. The van der Waals surface area contributed by atoms with Crippen LogP contribution in [-0.2, 0) is 0 Å². The van der Waals surface area contributed by atoms with Gasteiger partial charge in [-0.05, 0) is 25.0 Å². The number of hydrogen-bond acceptors (Lipinski definition) is 6. The van der Waals surface area contributed by atoms with Gasteiger partial charge in [-0.25, -0.2) is 4.98 Å². The van der Waals surface area contributed by atoms with Crippen LogP contribution in [0.1, 0.15) is 41.7 Å². The number of benzene rings is 1. The molecule has 0 aliphatic carbocycles. The van der Waals surface area contributed by atoms with Crippen molar-refractivity contribution in [3.8, 4) is 11.6 Å². The van der Waals surface area contributed by atoms with Crippen molar-refractivity contribution in [3.63, 3.8) is 0 Å². The average molecular weight is 326 g/mol. The zero-order chi connectivity index (χ0) is 17.1. The summed E-state index contributed by atoms with van der Waals surface area (Å²) in [4.78, 5) is 20.7. The molecule has 8 nitrogen and oxygen atoms in total. The molecule has 0 aliphatic heterocycles. The second-order valence-electron chi connectivity index (χ2n) is 5.85. The maximum absolute atomic E-state index is 12.5. The summed E-state index contributed by atoms with van der Waals surface area (Å²) < 4.78 is 5.30. The van der Waals surface area contributed by atoms with E-state index in [-0.39, 0.29) is 11.8 Å². The molecule has 0 unspecified atom stereocenters. The lowest BCUT2D eigenvalue weighted by atomic mass is 10.0. The molecule has 2 aromatic heterocycles. The van der Waals surface area contributed by atoms with Crippen LogP contribution in [0.4, 0.5) is 0 Å². The van der Waals surface area contributed by atoms with Gasteiger partial charge in [0.15, 0.2) is 5.82 Å². The summed E-state index contributed by atoms with van der Waals surface area (Å²) in [5.74, 6) is 0.933. The average Bonchev–Trinajstić information content (AvgIpc) is 3.23. The monoisotopic (exact) mass is 326 g/mol. The standard InChI is InChI=1S/C16H18N6O2/c1-9(2)12(19-15(23)11-6-4-10(3)5-7-11)16-20-14(22-24-16)13-17-8-18-21-13/h4-9,12H,1-3H3,(H,19,23)(H,17,18,21)/t12-/m0/s1. The zero-order valence-electron chi connectivity index (χ0n) is 13.6. The van der Waals surface area contributed by atoms with Crippen molar-refractivity contribution >= 4 is 5.91 Å². The number of amides is 1. The number of carbonyl (C=O) groups excluding carboxylic acids is 1. The van der Waals surface area contributed by atoms with Crippen molar-refractivity contribution in [1.29, 1.82) is 0 Å². The largest absolute Gasteiger partial charge is 0.340 e. The van der Waals surface area contributed by atoms with Crippen LogP contribution in [0.5, 0.6) is 0 Å². The predicted octanol–water partition coefficient (Wildman–Crippen LogP) is 2.29. The summed E-state index contributed by atoms with van der Waals surface area (Å²) >= 11 is 0. The lowest BCUT2D eigenvalue weighted by molar-refractivity contribution is 0.0914. The fraction of sp³-hybridized carbons (Fsp3) is 0.312. The number of H-pyrrole nitrogens is 1. The van der Waals surface area contributed by atoms with E-state index in [0.29, 0.717) is 23.1 Å². The molecular weight excluding hydrogens is 308 g/mol. The topological polar surface area (TPSA) is 110 Å². The van der Waals surface area contributed by atoms with Crippen LogP contribution in [-0.4, -0.2) is 31.2 Å². The first kappa shape index (κ1) is 15.9. The van der Waals surface area contributed by atoms with E-state index < -0.39 is 6.04 Å². The Labute approximate surface area is 138 Å². The van der Waals surface area contributed by atoms with Gasteiger partial charge in [0.1, 0.15) is 12.4 Å². The Morgan fingerprint density at radius 3 is 2.62 bits per heavy atom. The number of rotatable bonds is 5. The quantitative estimate of drug-likeness (QED) is 0.744. The molecule has 0 bridgehead atoms. The fourth-order valence-corrected chi connectivity index (χ4v) is 2.21. The Morgan fingerprint density at radius 2 is 2.00 bits per heavy atom. The maximum atomic E-state index is 12.5. The lowest BCUT2D eigenvalue weighted by Gasteiger charge is -2.18. The number of aromatic nitrogens is 5. The molecular formula is C16H18N6O2. The molecule has 3 aromatic rings. The Morgan fingerprint density at radius 1 is 1.25 bits per heavy atom. The molecule has 0 radical (unpaired) electrons. The van der Waals surface area contributed by atoms with Gasteiger partial charge in [0, 0.05) is 5.56 Å². The van der Waals surface area contributed by atoms with Gasteiger partial charge in [-0.3, -0.25) is 9.89 Å². The first-order valence-electron chi connectivity index (χ1n) is 7.61. The minimum absolute atomic E-state index is 0.0717. The van der Waals surface area contributed by atoms with Gasteiger partial charge in [-0.1, -0.05) is 36.7 Å². The van der Waals surface area contributed by atoms with E-state index in [2.05, 4.69) is 30.6 Å². The molecule has 0 fully saturated rings. The van der Waals surface area contributed by atoms with E-state index in [1.807, 2.05) is 32.9 Å². The molecule has 2 N–H and O–H groups in total. The van der Waals surface area contributed by atoms with Crippen molar-refractivity contribution < 1.29 is 9.32 Å². The highest BCUT2D eigenvalue weighted by Gasteiger charge is 2.25. The summed E-state index contributed by atoms with van der Waals surface area (Å²) in [5.41, 5.74) is 1.68. The summed E-state index contributed by atoms with van der Waals surface area (Å²) in [5, 5.41) is 13.3. The third kappa shape index (κ3) is 3.32. The third-order valence-electron chi connectivity index (χ3n) is 3.60. The zero-order valence-corrected chi connectivity index (χ0v) is 13.6. The number of aromatic amines is 1. The fourth-order valence-electron chi connectivity index (χ4n) is 2.21. The van der Waals surface area contributed by atoms with E-state index in [9.17, 15) is 4.79 Å². The minimum Gasteiger partial charge on any atom is -0.340 e. The first-order valence-corrected chi connectivity index (χ1v) is 7.61. The Kier molecular flexibility index (Phi) is 4.37. The van der Waals surface area contributed by atoms with Crippen LogP contribution in [0.2, 0.25) is 0 Å². The van der Waals surface area contributed by atoms with Gasteiger partial charge in [0.2, 0.25) is 11.7 Å². The minimum atomic E-state index is -0.400. The second-order valence-corrected chi connectivity index (χ2v) is 5.85. The van der Waals surface area contributed by atoms with Crippen molar-refractivity contribution in [1.82, 2.24) is 30.6 Å². The van der Waals surface area contributed by atoms with Gasteiger partial charge in [-0.2, -0.15) is 10.1 Å². The highest BCUT2D eigenvalue weighted by atomic mass is 16.5. The molecule has 2 heterocycles. The van der Waals surface area contributed by atoms with Crippen LogP contribution >= 0.6 is 0 Å². The normalized spacial score (nSPS) is 12.3. The van der Waals surface area contributed by atoms with Crippen LogP contribution in [0, 0.1) is 12.8 Å². The Bertz CT molecular complexity index is 807. The van der Waals surface area contributed by atoms with E-state index in [0.717, 1.165) is 5.56 Å². The van der Waals surface area contributed by atoms with Crippen LogP contribution in [0.3, 0.4) is 0 Å². The SMILES string of the molecule is Cc1ccc(C(=O)N[C@H](c2nc(-c3ncn[nH]3)no2)C(C)C)cc1. The summed E-state index contributed by atoms with van der Waals surface area (Å²) in [6.07, 6.45) is 1.37. The van der Waals surface area contributed by atoms with E-state index >= 15 is 0 Å². The Hall–Kier alpha value is -3.03. The van der Waals surface area contributed by atoms with Crippen LogP contribution < -0.4 is 5.32 Å². The van der Waals surface area contributed by atoms with E-state index in [1.165, 1.54) is 6.33 Å². The molecule has 8 heteroatoms. The van der Waals surface area contributed by atoms with Gasteiger partial charge in [0.05, 0.1) is 0 Å². The van der Waals surface area contributed by atoms with Gasteiger partial charge in [0.25, 0.3) is 5.91 Å². The van der Waals surface area contributed by atoms with Crippen molar-refractivity contribution in [2.75, 3.05) is 0 Å². The number of nitrogens with one attached hydrogen (secondary N) is 2. The number of hydrogen-bond donors (Lipinski definition) is 2. The van der Waals surface area contributed by atoms with Gasteiger partial charge < -0.3 is 9.84 Å². The van der Waals surface area contributed by atoms with Gasteiger partial charge in [-0.15, -0.1) is 0 Å². The second kappa shape index (κ2) is 6.61. The molecule has 1 atom stereocenters. The highest BCUT2D eigenvalue weighted by molar-refractivity contribution is 5.94. The van der Waals surface area contributed by atoms with Crippen LogP contribution in [0.25, 0.3) is 11.6 Å². The number of carbonyl (C=O) groups is 1. The van der Waals surface area contributed by atoms with Crippen LogP contribution in [0.15, 0.2) is 35.1 Å². The van der Waals surface area contributed by atoms with Gasteiger partial charge >= 0.3 is 0 Å². The molecule has 3 rings (SSSR count). The molecule has 24 heavy (non-hydrogen) atoms. The molecule has 0 saturated carbocycles. The number of aryl methyl sites for hydroxylation is 1. The smallest absolute Gasteiger partial charge is 0.251 e. The molecule has 0 saturated heterocycles. The maximum Gasteiger partial charge on any atom is 0.251 e. The number of nitrogens with zero attached hydrogens (tertiary/aromatic N) is 4. The molecule has 1 amide bonds. The van der Waals surface area contributed by atoms with Crippen molar-refractivity contribution in [3.05, 3.63) is 47.6 Å². The third-order valence-corrected chi connectivity index (χ3v) is 3.60. The molecule has 0 aliphatic rings. The summed E-state index contributed by atoms with van der Waals surface area (Å²) in [7, 11) is 0. The van der Waals surface area contributed by atoms with E-state index in [1.54, 1.807) is 12.1 Å². The lowest BCUT2D eigenvalue weighted by Crippen LogP contribution is -2.32. The summed E-state index contributed by atoms with van der Waals surface area (Å²) in [6, 6.07) is 6.97. The predicted molar refractivity (Wildman–Crippen MR) is 85.9 cm³/mol. The first-order chi connectivity index (χ1) is 11.5. The van der Waals surface area contributed by atoms with Crippen molar-refractivity contribution in [2.45, 2.75) is 26.8 Å².